The first-order chi connectivity index (χ1) is 17.0. The summed E-state index contributed by atoms with van der Waals surface area (Å²) >= 11 is 6.97. The molecule has 1 amide bonds. The van der Waals surface area contributed by atoms with Gasteiger partial charge >= 0.3 is 0 Å². The maximum atomic E-state index is 13.3. The molecule has 0 saturated carbocycles. The molecule has 0 aliphatic carbocycles. The normalized spacial score (nSPS) is 11.1. The Bertz CT molecular complexity index is 1470. The van der Waals surface area contributed by atoms with Crippen molar-refractivity contribution in [1.82, 2.24) is 25.1 Å². The van der Waals surface area contributed by atoms with Gasteiger partial charge in [-0.2, -0.15) is 9.61 Å². The Morgan fingerprint density at radius 1 is 0.943 bits per heavy atom. The van der Waals surface area contributed by atoms with Gasteiger partial charge in [-0.1, -0.05) is 72.0 Å². The van der Waals surface area contributed by atoms with E-state index in [1.165, 1.54) is 11.3 Å². The summed E-state index contributed by atoms with van der Waals surface area (Å²) in [6.45, 7) is 3.86. The van der Waals surface area contributed by atoms with Crippen molar-refractivity contribution in [2.24, 2.45) is 0 Å². The second-order valence-electron chi connectivity index (χ2n) is 8.08. The lowest BCUT2D eigenvalue weighted by molar-refractivity contribution is -0.120. The fraction of sp³-hybridized carbons (Fsp3) is 0.115. The van der Waals surface area contributed by atoms with E-state index in [-0.39, 0.29) is 11.0 Å². The van der Waals surface area contributed by atoms with Crippen LogP contribution in [0, 0.1) is 13.8 Å². The van der Waals surface area contributed by atoms with Crippen molar-refractivity contribution in [3.63, 3.8) is 0 Å². The predicted octanol–water partition coefficient (Wildman–Crippen LogP) is 5.11. The van der Waals surface area contributed by atoms with Gasteiger partial charge in [-0.3, -0.25) is 4.79 Å². The van der Waals surface area contributed by atoms with Crippen LogP contribution < -0.4 is 10.6 Å². The van der Waals surface area contributed by atoms with E-state index in [4.69, 9.17) is 12.2 Å². The highest BCUT2D eigenvalue weighted by atomic mass is 32.1. The molecule has 5 rings (SSSR count). The quantitative estimate of drug-likeness (QED) is 0.328. The summed E-state index contributed by atoms with van der Waals surface area (Å²) in [7, 11) is 0. The van der Waals surface area contributed by atoms with Crippen LogP contribution in [0.5, 0.6) is 0 Å². The fourth-order valence-electron chi connectivity index (χ4n) is 3.89. The zero-order valence-electron chi connectivity index (χ0n) is 19.1. The Balaban J connectivity index is 1.32. The maximum absolute atomic E-state index is 13.3. The number of hydrogen-bond acceptors (Lipinski definition) is 6. The van der Waals surface area contributed by atoms with E-state index < -0.39 is 5.92 Å². The SMILES string of the molecule is Cc1cc(-c2nn3c(C)nnc3s2)ccc1NC(=S)NC(=O)C(c1ccccc1)c1ccccc1. The molecule has 2 N–H and O–H groups in total. The largest absolute Gasteiger partial charge is 0.332 e. The monoisotopic (exact) mass is 498 g/mol. The van der Waals surface area contributed by atoms with E-state index in [0.717, 1.165) is 43.7 Å². The molecule has 9 heteroatoms. The summed E-state index contributed by atoms with van der Waals surface area (Å²) in [5.41, 5.74) is 4.57. The molecule has 2 aromatic heterocycles. The molecule has 0 saturated heterocycles. The van der Waals surface area contributed by atoms with Gasteiger partial charge in [-0.25, -0.2) is 0 Å². The molecule has 2 heterocycles. The molecule has 0 fully saturated rings. The van der Waals surface area contributed by atoms with Crippen molar-refractivity contribution >= 4 is 45.2 Å². The van der Waals surface area contributed by atoms with Gasteiger partial charge in [-0.05, 0) is 61.0 Å². The van der Waals surface area contributed by atoms with Gasteiger partial charge in [0.05, 0.1) is 5.92 Å². The smallest absolute Gasteiger partial charge is 0.238 e. The number of carbonyl (C=O) groups excluding carboxylic acids is 1. The molecule has 3 aromatic carbocycles. The molecule has 35 heavy (non-hydrogen) atoms. The van der Waals surface area contributed by atoms with Crippen LogP contribution in [0.25, 0.3) is 15.5 Å². The second kappa shape index (κ2) is 9.73. The van der Waals surface area contributed by atoms with E-state index in [1.807, 2.05) is 92.7 Å². The average Bonchev–Trinajstić information content (AvgIpc) is 3.44. The van der Waals surface area contributed by atoms with Gasteiger partial charge < -0.3 is 10.6 Å². The van der Waals surface area contributed by atoms with Gasteiger partial charge in [0, 0.05) is 11.3 Å². The molecule has 0 aliphatic rings. The molecule has 0 atom stereocenters. The van der Waals surface area contributed by atoms with E-state index in [0.29, 0.717) is 0 Å². The molecule has 174 valence electrons. The number of rotatable bonds is 5. The first-order valence-electron chi connectivity index (χ1n) is 11.0. The van der Waals surface area contributed by atoms with Crippen LogP contribution >= 0.6 is 23.6 Å². The number of aryl methyl sites for hydroxylation is 2. The van der Waals surface area contributed by atoms with Gasteiger partial charge in [0.2, 0.25) is 10.9 Å². The molecule has 0 radical (unpaired) electrons. The van der Waals surface area contributed by atoms with Crippen LogP contribution in [0.4, 0.5) is 5.69 Å². The minimum Gasteiger partial charge on any atom is -0.332 e. The van der Waals surface area contributed by atoms with Gasteiger partial charge in [0.15, 0.2) is 10.9 Å². The second-order valence-corrected chi connectivity index (χ2v) is 9.44. The number of nitrogens with one attached hydrogen (secondary N) is 2. The van der Waals surface area contributed by atoms with Crippen molar-refractivity contribution in [2.45, 2.75) is 19.8 Å². The Kier molecular flexibility index (Phi) is 6.35. The van der Waals surface area contributed by atoms with Gasteiger partial charge in [0.1, 0.15) is 5.01 Å². The molecular formula is C26H22N6OS2. The number of fused-ring (bicyclic) bond motifs is 1. The number of anilines is 1. The minimum absolute atomic E-state index is 0.190. The summed E-state index contributed by atoms with van der Waals surface area (Å²) in [5.74, 6) is 0.0922. The highest BCUT2D eigenvalue weighted by molar-refractivity contribution is 7.80. The molecule has 5 aromatic rings. The zero-order chi connectivity index (χ0) is 24.4. The lowest BCUT2D eigenvalue weighted by atomic mass is 9.90. The molecule has 0 unspecified atom stereocenters. The first-order valence-corrected chi connectivity index (χ1v) is 12.2. The Hall–Kier alpha value is -3.95. The molecule has 0 aliphatic heterocycles. The Morgan fingerprint density at radius 3 is 2.20 bits per heavy atom. The van der Waals surface area contributed by atoms with Crippen molar-refractivity contribution < 1.29 is 4.79 Å². The first kappa shape index (κ1) is 22.8. The number of aromatic nitrogens is 4. The summed E-state index contributed by atoms with van der Waals surface area (Å²) in [4.78, 5) is 14.1. The van der Waals surface area contributed by atoms with E-state index in [9.17, 15) is 4.79 Å². The minimum atomic E-state index is -0.470. The fourth-order valence-corrected chi connectivity index (χ4v) is 4.98. The molecule has 0 bridgehead atoms. The van der Waals surface area contributed by atoms with Crippen molar-refractivity contribution in [3.05, 3.63) is 101 Å². The maximum Gasteiger partial charge on any atom is 0.238 e. The number of benzene rings is 3. The number of amides is 1. The highest BCUT2D eigenvalue weighted by Crippen LogP contribution is 2.29. The van der Waals surface area contributed by atoms with Crippen molar-refractivity contribution in [3.8, 4) is 10.6 Å². The zero-order valence-corrected chi connectivity index (χ0v) is 20.7. The lowest BCUT2D eigenvalue weighted by Crippen LogP contribution is -2.38. The predicted molar refractivity (Wildman–Crippen MR) is 143 cm³/mol. The van der Waals surface area contributed by atoms with Crippen LogP contribution in [0.2, 0.25) is 0 Å². The number of thiocarbonyl (C=S) groups is 1. The molecule has 0 spiro atoms. The van der Waals surface area contributed by atoms with Crippen molar-refractivity contribution in [2.75, 3.05) is 5.32 Å². The lowest BCUT2D eigenvalue weighted by Gasteiger charge is -2.19. The summed E-state index contributed by atoms with van der Waals surface area (Å²) in [5, 5.41) is 19.9. The van der Waals surface area contributed by atoms with E-state index in [1.54, 1.807) is 4.52 Å². The standard InChI is InChI=1S/C26H22N6OS2/c1-16-15-20(24-31-32-17(2)29-30-26(32)35-24)13-14-21(16)27-25(34)28-23(33)22(18-9-5-3-6-10-18)19-11-7-4-8-12-19/h3-15,22H,1-2H3,(H2,27,28,33,34). The third kappa shape index (κ3) is 4.82. The molecular weight excluding hydrogens is 476 g/mol. The van der Waals surface area contributed by atoms with Crippen LogP contribution in [-0.2, 0) is 4.79 Å². The Morgan fingerprint density at radius 2 is 1.60 bits per heavy atom. The van der Waals surface area contributed by atoms with Crippen LogP contribution in [0.1, 0.15) is 28.4 Å². The van der Waals surface area contributed by atoms with E-state index in [2.05, 4.69) is 25.9 Å². The third-order valence-electron chi connectivity index (χ3n) is 5.63. The van der Waals surface area contributed by atoms with Crippen molar-refractivity contribution in [1.29, 1.82) is 0 Å². The number of carbonyl (C=O) groups is 1. The summed E-state index contributed by atoms with van der Waals surface area (Å²) in [6, 6.07) is 25.3. The average molecular weight is 499 g/mol. The van der Waals surface area contributed by atoms with Crippen LogP contribution in [-0.4, -0.2) is 30.8 Å². The Labute approximate surface area is 211 Å². The number of hydrogen-bond donors (Lipinski definition) is 2. The summed E-state index contributed by atoms with van der Waals surface area (Å²) < 4.78 is 1.74. The van der Waals surface area contributed by atoms with Gasteiger partial charge in [-0.15, -0.1) is 10.2 Å². The van der Waals surface area contributed by atoms with Crippen LogP contribution in [0.15, 0.2) is 78.9 Å². The van der Waals surface area contributed by atoms with E-state index >= 15 is 0 Å². The molecule has 7 nitrogen and oxygen atoms in total. The van der Waals surface area contributed by atoms with Crippen LogP contribution in [0.3, 0.4) is 0 Å². The van der Waals surface area contributed by atoms with Gasteiger partial charge in [0.25, 0.3) is 0 Å². The number of nitrogens with zero attached hydrogens (tertiary/aromatic N) is 4. The third-order valence-corrected chi connectivity index (χ3v) is 6.79. The highest BCUT2D eigenvalue weighted by Gasteiger charge is 2.23. The topological polar surface area (TPSA) is 84.2 Å². The summed E-state index contributed by atoms with van der Waals surface area (Å²) in [6.07, 6.45) is 0.